The lowest BCUT2D eigenvalue weighted by Gasteiger charge is -2.30. The van der Waals surface area contributed by atoms with Gasteiger partial charge in [-0.2, -0.15) is 0 Å². The van der Waals surface area contributed by atoms with E-state index in [1.165, 1.54) is 18.4 Å². The molecule has 1 unspecified atom stereocenters. The maximum absolute atomic E-state index is 12.4. The van der Waals surface area contributed by atoms with Crippen molar-refractivity contribution in [3.63, 3.8) is 0 Å². The van der Waals surface area contributed by atoms with Gasteiger partial charge in [-0.15, -0.1) is 0 Å². The molecule has 4 heteroatoms. The van der Waals surface area contributed by atoms with Gasteiger partial charge in [-0.3, -0.25) is 4.79 Å². The molecule has 1 aliphatic heterocycles. The van der Waals surface area contributed by atoms with Crippen molar-refractivity contribution in [1.82, 2.24) is 10.6 Å². The van der Waals surface area contributed by atoms with E-state index in [2.05, 4.69) is 59.5 Å². The Balaban J connectivity index is 1.83. The highest BCUT2D eigenvalue weighted by Gasteiger charge is 2.25. The van der Waals surface area contributed by atoms with Crippen molar-refractivity contribution in [2.75, 3.05) is 13.1 Å². The van der Waals surface area contributed by atoms with Crippen LogP contribution in [0.15, 0.2) is 28.7 Å². The van der Waals surface area contributed by atoms with E-state index in [9.17, 15) is 4.79 Å². The van der Waals surface area contributed by atoms with Crippen molar-refractivity contribution in [1.29, 1.82) is 0 Å². The fraction of sp³-hybridized carbons (Fsp3) is 0.632. The normalized spacial score (nSPS) is 17.7. The van der Waals surface area contributed by atoms with Crippen LogP contribution in [0.3, 0.4) is 0 Å². The molecule has 0 aliphatic carbocycles. The van der Waals surface area contributed by atoms with Gasteiger partial charge in [0.2, 0.25) is 5.91 Å². The zero-order valence-corrected chi connectivity index (χ0v) is 16.1. The maximum Gasteiger partial charge on any atom is 0.220 e. The van der Waals surface area contributed by atoms with Crippen molar-refractivity contribution in [3.8, 4) is 0 Å². The van der Waals surface area contributed by atoms with Crippen molar-refractivity contribution in [3.05, 3.63) is 34.3 Å². The van der Waals surface area contributed by atoms with Crippen molar-refractivity contribution in [2.45, 2.75) is 52.0 Å². The van der Waals surface area contributed by atoms with E-state index >= 15 is 0 Å². The van der Waals surface area contributed by atoms with Crippen molar-refractivity contribution < 1.29 is 4.79 Å². The zero-order chi connectivity index (χ0) is 16.9. The minimum absolute atomic E-state index is 0.179. The number of nitrogens with one attached hydrogen (secondary N) is 2. The Labute approximate surface area is 148 Å². The summed E-state index contributed by atoms with van der Waals surface area (Å²) in [5, 5.41) is 6.61. The van der Waals surface area contributed by atoms with Crippen LogP contribution in [-0.2, 0) is 11.2 Å². The van der Waals surface area contributed by atoms with Gasteiger partial charge < -0.3 is 10.6 Å². The van der Waals surface area contributed by atoms with Crippen LogP contribution in [0.1, 0.15) is 45.6 Å². The first-order valence-corrected chi connectivity index (χ1v) is 9.41. The molecule has 1 atom stereocenters. The van der Waals surface area contributed by atoms with E-state index in [1.54, 1.807) is 0 Å². The first-order chi connectivity index (χ1) is 10.9. The van der Waals surface area contributed by atoms with Gasteiger partial charge >= 0.3 is 0 Å². The molecule has 23 heavy (non-hydrogen) atoms. The van der Waals surface area contributed by atoms with Crippen LogP contribution in [0.4, 0.5) is 0 Å². The molecule has 1 aromatic carbocycles. The maximum atomic E-state index is 12.4. The van der Waals surface area contributed by atoms with Gasteiger partial charge in [0.25, 0.3) is 0 Å². The predicted octanol–water partition coefficient (Wildman–Crippen LogP) is 3.91. The number of rotatable bonds is 6. The molecule has 0 bridgehead atoms. The molecule has 2 N–H and O–H groups in total. The average Bonchev–Trinajstić information content (AvgIpc) is 2.49. The lowest BCUT2D eigenvalue weighted by atomic mass is 9.83. The van der Waals surface area contributed by atoms with Gasteiger partial charge in [0.1, 0.15) is 0 Å². The Morgan fingerprint density at radius 2 is 1.91 bits per heavy atom. The number of halogens is 1. The molecule has 0 spiro atoms. The summed E-state index contributed by atoms with van der Waals surface area (Å²) in [7, 11) is 0. The molecule has 128 valence electrons. The number of benzene rings is 1. The molecule has 1 aromatic rings. The molecule has 1 fully saturated rings. The molecule has 1 heterocycles. The molecule has 0 saturated carbocycles. The number of carbonyl (C=O) groups excluding carboxylic acids is 1. The summed E-state index contributed by atoms with van der Waals surface area (Å²) in [5.41, 5.74) is 1.02. The van der Waals surface area contributed by atoms with E-state index in [0.717, 1.165) is 24.0 Å². The molecule has 1 amide bonds. The highest BCUT2D eigenvalue weighted by Crippen LogP contribution is 2.24. The highest BCUT2D eigenvalue weighted by atomic mass is 79.9. The highest BCUT2D eigenvalue weighted by molar-refractivity contribution is 9.10. The van der Waals surface area contributed by atoms with E-state index in [1.807, 2.05) is 12.1 Å². The average molecular weight is 381 g/mol. The topological polar surface area (TPSA) is 41.1 Å². The summed E-state index contributed by atoms with van der Waals surface area (Å²) < 4.78 is 1.08. The fourth-order valence-corrected chi connectivity index (χ4v) is 3.72. The SMILES string of the molecule is CC(CC(=O)NC(C)(C)Cc1ccc(Br)cc1)C1CCNCC1. The second-order valence-electron chi connectivity index (χ2n) is 7.50. The Bertz CT molecular complexity index is 507. The Kier molecular flexibility index (Phi) is 6.66. The van der Waals surface area contributed by atoms with Crippen molar-refractivity contribution >= 4 is 21.8 Å². The Morgan fingerprint density at radius 3 is 2.52 bits per heavy atom. The van der Waals surface area contributed by atoms with Crippen LogP contribution in [0.5, 0.6) is 0 Å². The molecular formula is C19H29BrN2O. The largest absolute Gasteiger partial charge is 0.351 e. The molecule has 0 aromatic heterocycles. The van der Waals surface area contributed by atoms with E-state index < -0.39 is 0 Å². The van der Waals surface area contributed by atoms with E-state index in [-0.39, 0.29) is 11.4 Å². The third-order valence-electron chi connectivity index (χ3n) is 4.73. The minimum Gasteiger partial charge on any atom is -0.351 e. The van der Waals surface area contributed by atoms with Gasteiger partial charge in [-0.25, -0.2) is 0 Å². The molecule has 2 rings (SSSR count). The summed E-state index contributed by atoms with van der Waals surface area (Å²) >= 11 is 3.46. The van der Waals surface area contributed by atoms with Crippen LogP contribution in [0.2, 0.25) is 0 Å². The van der Waals surface area contributed by atoms with Crippen LogP contribution in [0.25, 0.3) is 0 Å². The number of piperidine rings is 1. The number of hydrogen-bond donors (Lipinski definition) is 2. The second kappa shape index (κ2) is 8.29. The van der Waals surface area contributed by atoms with Crippen LogP contribution >= 0.6 is 15.9 Å². The van der Waals surface area contributed by atoms with Crippen LogP contribution < -0.4 is 10.6 Å². The molecule has 0 radical (unpaired) electrons. The van der Waals surface area contributed by atoms with Gasteiger partial charge in [0, 0.05) is 16.4 Å². The number of carbonyl (C=O) groups is 1. The molecule has 3 nitrogen and oxygen atoms in total. The lowest BCUT2D eigenvalue weighted by molar-refractivity contribution is -0.123. The quantitative estimate of drug-likeness (QED) is 0.785. The van der Waals surface area contributed by atoms with Gasteiger partial charge in [0.15, 0.2) is 0 Å². The van der Waals surface area contributed by atoms with Crippen LogP contribution in [-0.4, -0.2) is 24.5 Å². The fourth-order valence-electron chi connectivity index (χ4n) is 3.46. The third-order valence-corrected chi connectivity index (χ3v) is 5.26. The van der Waals surface area contributed by atoms with Gasteiger partial charge in [0.05, 0.1) is 0 Å². The second-order valence-corrected chi connectivity index (χ2v) is 8.42. The first-order valence-electron chi connectivity index (χ1n) is 8.62. The van der Waals surface area contributed by atoms with Gasteiger partial charge in [-0.05, 0) is 75.7 Å². The standard InChI is InChI=1S/C19H29BrN2O/c1-14(16-8-10-21-11-9-16)12-18(23)22-19(2,3)13-15-4-6-17(20)7-5-15/h4-7,14,16,21H,8-13H2,1-3H3,(H,22,23). The number of hydrogen-bond acceptors (Lipinski definition) is 2. The number of amides is 1. The third kappa shape index (κ3) is 6.27. The summed E-state index contributed by atoms with van der Waals surface area (Å²) in [4.78, 5) is 12.4. The zero-order valence-electron chi connectivity index (χ0n) is 14.5. The predicted molar refractivity (Wildman–Crippen MR) is 99.4 cm³/mol. The van der Waals surface area contributed by atoms with Crippen LogP contribution in [0, 0.1) is 11.8 Å². The van der Waals surface area contributed by atoms with E-state index in [0.29, 0.717) is 18.3 Å². The summed E-state index contributed by atoms with van der Waals surface area (Å²) in [6.07, 6.45) is 3.86. The summed E-state index contributed by atoms with van der Waals surface area (Å²) in [6.45, 7) is 8.60. The smallest absolute Gasteiger partial charge is 0.220 e. The Morgan fingerprint density at radius 1 is 1.30 bits per heavy atom. The first kappa shape index (κ1) is 18.5. The van der Waals surface area contributed by atoms with E-state index in [4.69, 9.17) is 0 Å². The summed E-state index contributed by atoms with van der Waals surface area (Å²) in [5.74, 6) is 1.32. The van der Waals surface area contributed by atoms with Gasteiger partial charge in [-0.1, -0.05) is 35.0 Å². The Hall–Kier alpha value is -0.870. The van der Waals surface area contributed by atoms with Crippen molar-refractivity contribution in [2.24, 2.45) is 11.8 Å². The molecule has 1 aliphatic rings. The molecule has 1 saturated heterocycles. The minimum atomic E-state index is -0.223. The molecular weight excluding hydrogens is 352 g/mol. The lowest BCUT2D eigenvalue weighted by Crippen LogP contribution is -2.46. The monoisotopic (exact) mass is 380 g/mol. The summed E-state index contributed by atoms with van der Waals surface area (Å²) in [6, 6.07) is 8.31.